The summed E-state index contributed by atoms with van der Waals surface area (Å²) < 4.78 is 0. The molecule has 2 aliphatic heterocycles. The van der Waals surface area contributed by atoms with Crippen LogP contribution in [0.25, 0.3) is 6.08 Å². The molecule has 5 nitrogen and oxygen atoms in total. The minimum Gasteiger partial charge on any atom is -0.356 e. The zero-order chi connectivity index (χ0) is 14.9. The molecule has 1 spiro atoms. The standard InChI is InChI=1S/C15H19N3O2S/c1-11-17-12(9-21-11)2-3-14(20)18-6-4-15(5-7-18)8-13(19)16-10-15/h2-3,9H,4-8,10H2,1H3,(H,16,19). The Bertz CT molecular complexity index is 585. The molecule has 0 aliphatic carbocycles. The van der Waals surface area contributed by atoms with Crippen LogP contribution in [0.4, 0.5) is 0 Å². The van der Waals surface area contributed by atoms with Crippen molar-refractivity contribution in [1.82, 2.24) is 15.2 Å². The maximum atomic E-state index is 12.2. The van der Waals surface area contributed by atoms with Crippen LogP contribution in [-0.4, -0.2) is 41.3 Å². The number of thiazole rings is 1. The van der Waals surface area contributed by atoms with Crippen molar-refractivity contribution in [3.8, 4) is 0 Å². The highest BCUT2D eigenvalue weighted by atomic mass is 32.1. The first-order chi connectivity index (χ1) is 10.1. The van der Waals surface area contributed by atoms with Crippen LogP contribution in [0.1, 0.15) is 30.0 Å². The van der Waals surface area contributed by atoms with E-state index in [0.29, 0.717) is 6.42 Å². The van der Waals surface area contributed by atoms with Gasteiger partial charge in [0.05, 0.1) is 10.7 Å². The highest BCUT2D eigenvalue weighted by Crippen LogP contribution is 2.37. The first-order valence-corrected chi connectivity index (χ1v) is 8.10. The molecule has 3 heterocycles. The quantitative estimate of drug-likeness (QED) is 0.844. The average Bonchev–Trinajstić information content (AvgIpc) is 3.04. The zero-order valence-corrected chi connectivity index (χ0v) is 12.9. The third-order valence-electron chi connectivity index (χ3n) is 4.37. The summed E-state index contributed by atoms with van der Waals surface area (Å²) in [5.74, 6) is 0.182. The molecule has 0 unspecified atom stereocenters. The number of carbonyl (C=O) groups excluding carboxylic acids is 2. The minimum atomic E-state index is 0.0350. The van der Waals surface area contributed by atoms with Gasteiger partial charge in [0, 0.05) is 37.5 Å². The summed E-state index contributed by atoms with van der Waals surface area (Å²) in [4.78, 5) is 29.7. The Balaban J connectivity index is 1.55. The Labute approximate surface area is 128 Å². The molecule has 0 aromatic carbocycles. The topological polar surface area (TPSA) is 62.3 Å². The maximum absolute atomic E-state index is 12.2. The van der Waals surface area contributed by atoms with E-state index >= 15 is 0 Å². The van der Waals surface area contributed by atoms with Crippen molar-refractivity contribution in [3.05, 3.63) is 22.2 Å². The van der Waals surface area contributed by atoms with Crippen molar-refractivity contribution >= 4 is 29.2 Å². The fourth-order valence-corrected chi connectivity index (χ4v) is 3.61. The van der Waals surface area contributed by atoms with Gasteiger partial charge >= 0.3 is 0 Å². The van der Waals surface area contributed by atoms with Gasteiger partial charge in [-0.3, -0.25) is 9.59 Å². The molecule has 2 fully saturated rings. The molecule has 3 rings (SSSR count). The van der Waals surface area contributed by atoms with Gasteiger partial charge < -0.3 is 10.2 Å². The van der Waals surface area contributed by atoms with Crippen molar-refractivity contribution in [2.24, 2.45) is 5.41 Å². The lowest BCUT2D eigenvalue weighted by atomic mass is 9.77. The van der Waals surface area contributed by atoms with Gasteiger partial charge in [-0.05, 0) is 31.3 Å². The molecular weight excluding hydrogens is 286 g/mol. The van der Waals surface area contributed by atoms with Crippen LogP contribution >= 0.6 is 11.3 Å². The number of hydrogen-bond acceptors (Lipinski definition) is 4. The van der Waals surface area contributed by atoms with Crippen LogP contribution in [-0.2, 0) is 9.59 Å². The summed E-state index contributed by atoms with van der Waals surface area (Å²) in [6.07, 6.45) is 5.80. The second-order valence-electron chi connectivity index (χ2n) is 5.90. The molecule has 0 bridgehead atoms. The fraction of sp³-hybridized carbons (Fsp3) is 0.533. The Morgan fingerprint density at radius 2 is 2.24 bits per heavy atom. The summed E-state index contributed by atoms with van der Waals surface area (Å²) in [5, 5.41) is 5.85. The number of piperidine rings is 1. The summed E-state index contributed by atoms with van der Waals surface area (Å²) in [6, 6.07) is 0. The van der Waals surface area contributed by atoms with Crippen molar-refractivity contribution in [2.75, 3.05) is 19.6 Å². The van der Waals surface area contributed by atoms with E-state index in [9.17, 15) is 9.59 Å². The second-order valence-corrected chi connectivity index (χ2v) is 6.97. The van der Waals surface area contributed by atoms with Crippen molar-refractivity contribution in [2.45, 2.75) is 26.2 Å². The number of hydrogen-bond donors (Lipinski definition) is 1. The van der Waals surface area contributed by atoms with Gasteiger partial charge in [-0.15, -0.1) is 11.3 Å². The van der Waals surface area contributed by atoms with Gasteiger partial charge in [0.25, 0.3) is 0 Å². The first-order valence-electron chi connectivity index (χ1n) is 7.22. The van der Waals surface area contributed by atoms with Gasteiger partial charge in [-0.2, -0.15) is 0 Å². The summed E-state index contributed by atoms with van der Waals surface area (Å²) in [5.41, 5.74) is 0.925. The number of aryl methyl sites for hydroxylation is 1. The number of carbonyl (C=O) groups is 2. The first kappa shape index (κ1) is 14.3. The van der Waals surface area contributed by atoms with E-state index in [2.05, 4.69) is 10.3 Å². The average molecular weight is 305 g/mol. The van der Waals surface area contributed by atoms with Crippen LogP contribution < -0.4 is 5.32 Å². The largest absolute Gasteiger partial charge is 0.356 e. The molecule has 1 aromatic heterocycles. The molecule has 1 aromatic rings. The van der Waals surface area contributed by atoms with Crippen molar-refractivity contribution < 1.29 is 9.59 Å². The van der Waals surface area contributed by atoms with Gasteiger partial charge in [0.15, 0.2) is 0 Å². The van der Waals surface area contributed by atoms with Crippen LogP contribution in [0, 0.1) is 12.3 Å². The molecule has 21 heavy (non-hydrogen) atoms. The lowest BCUT2D eigenvalue weighted by molar-refractivity contribution is -0.128. The predicted molar refractivity (Wildman–Crippen MR) is 81.8 cm³/mol. The lowest BCUT2D eigenvalue weighted by Crippen LogP contribution is -2.43. The van der Waals surface area contributed by atoms with E-state index in [1.807, 2.05) is 17.2 Å². The molecule has 0 atom stereocenters. The SMILES string of the molecule is Cc1nc(C=CC(=O)N2CCC3(CC2)CNC(=O)C3)cs1. The Kier molecular flexibility index (Phi) is 3.80. The van der Waals surface area contributed by atoms with E-state index in [-0.39, 0.29) is 17.2 Å². The van der Waals surface area contributed by atoms with Crippen molar-refractivity contribution in [3.63, 3.8) is 0 Å². The molecule has 1 N–H and O–H groups in total. The number of nitrogens with zero attached hydrogens (tertiary/aromatic N) is 2. The molecule has 0 radical (unpaired) electrons. The number of likely N-dealkylation sites (tertiary alicyclic amines) is 1. The van der Waals surface area contributed by atoms with Crippen LogP contribution in [0.2, 0.25) is 0 Å². The van der Waals surface area contributed by atoms with E-state index in [1.165, 1.54) is 0 Å². The van der Waals surface area contributed by atoms with Crippen molar-refractivity contribution in [1.29, 1.82) is 0 Å². The van der Waals surface area contributed by atoms with E-state index < -0.39 is 0 Å². The fourth-order valence-electron chi connectivity index (χ4n) is 3.03. The molecule has 2 amide bonds. The number of aromatic nitrogens is 1. The third kappa shape index (κ3) is 3.15. The number of amides is 2. The normalized spacial score (nSPS) is 21.2. The molecule has 6 heteroatoms. The Morgan fingerprint density at radius 3 is 2.81 bits per heavy atom. The molecular formula is C15H19N3O2S. The van der Waals surface area contributed by atoms with E-state index in [1.54, 1.807) is 23.5 Å². The lowest BCUT2D eigenvalue weighted by Gasteiger charge is -2.37. The van der Waals surface area contributed by atoms with Gasteiger partial charge in [-0.1, -0.05) is 0 Å². The molecule has 2 aliphatic rings. The third-order valence-corrected chi connectivity index (χ3v) is 5.16. The minimum absolute atomic E-state index is 0.0350. The van der Waals surface area contributed by atoms with Gasteiger partial charge in [0.1, 0.15) is 0 Å². The zero-order valence-electron chi connectivity index (χ0n) is 12.1. The Hall–Kier alpha value is -1.69. The number of nitrogens with one attached hydrogen (secondary N) is 1. The molecule has 0 saturated carbocycles. The molecule has 112 valence electrons. The summed E-state index contributed by atoms with van der Waals surface area (Å²) in [7, 11) is 0. The molecule has 2 saturated heterocycles. The van der Waals surface area contributed by atoms with Gasteiger partial charge in [-0.25, -0.2) is 4.98 Å². The second kappa shape index (κ2) is 5.60. The van der Waals surface area contributed by atoms with Gasteiger partial charge in [0.2, 0.25) is 11.8 Å². The highest BCUT2D eigenvalue weighted by Gasteiger charge is 2.41. The smallest absolute Gasteiger partial charge is 0.246 e. The van der Waals surface area contributed by atoms with E-state index in [0.717, 1.165) is 43.2 Å². The monoisotopic (exact) mass is 305 g/mol. The summed E-state index contributed by atoms with van der Waals surface area (Å²) >= 11 is 1.58. The predicted octanol–water partition coefficient (Wildman–Crippen LogP) is 1.59. The Morgan fingerprint density at radius 1 is 1.48 bits per heavy atom. The van der Waals surface area contributed by atoms with Crippen LogP contribution in [0.15, 0.2) is 11.5 Å². The van der Waals surface area contributed by atoms with Crippen LogP contribution in [0.3, 0.4) is 0 Å². The number of rotatable bonds is 2. The summed E-state index contributed by atoms with van der Waals surface area (Å²) in [6.45, 7) is 4.18. The maximum Gasteiger partial charge on any atom is 0.246 e. The van der Waals surface area contributed by atoms with Crippen LogP contribution in [0.5, 0.6) is 0 Å². The van der Waals surface area contributed by atoms with E-state index in [4.69, 9.17) is 0 Å². The highest BCUT2D eigenvalue weighted by molar-refractivity contribution is 7.09.